The van der Waals surface area contributed by atoms with Gasteiger partial charge in [-0.25, -0.2) is 0 Å². The second kappa shape index (κ2) is 7.48. The van der Waals surface area contributed by atoms with E-state index in [2.05, 4.69) is 46.4 Å². The molecule has 0 aromatic heterocycles. The number of hydrogen-bond acceptors (Lipinski definition) is 4. The molecule has 2 aliphatic rings. The van der Waals surface area contributed by atoms with Crippen LogP contribution in [-0.2, 0) is 22.5 Å². The van der Waals surface area contributed by atoms with Crippen LogP contribution in [0.1, 0.15) is 11.1 Å². The molecule has 1 unspecified atom stereocenters. The maximum absolute atomic E-state index is 12.7. The van der Waals surface area contributed by atoms with E-state index in [9.17, 15) is 4.79 Å². The molecular formula is C21H25N3O2. The number of anilines is 2. The van der Waals surface area contributed by atoms with Crippen LogP contribution in [0.15, 0.2) is 48.5 Å². The van der Waals surface area contributed by atoms with Crippen molar-refractivity contribution < 1.29 is 9.53 Å². The van der Waals surface area contributed by atoms with Gasteiger partial charge in [0, 0.05) is 44.6 Å². The Morgan fingerprint density at radius 2 is 2.04 bits per heavy atom. The summed E-state index contributed by atoms with van der Waals surface area (Å²) in [5.74, 6) is -0.0663. The molecule has 26 heavy (non-hydrogen) atoms. The Morgan fingerprint density at radius 3 is 2.88 bits per heavy atom. The maximum atomic E-state index is 12.7. The second-order valence-corrected chi connectivity index (χ2v) is 7.08. The summed E-state index contributed by atoms with van der Waals surface area (Å²) in [6.07, 6.45) is 0.638. The highest BCUT2D eigenvalue weighted by Gasteiger charge is 2.27. The molecule has 1 amide bonds. The fraction of sp³-hybridized carbons (Fsp3) is 0.381. The third kappa shape index (κ3) is 3.74. The first-order valence-electron chi connectivity index (χ1n) is 9.22. The van der Waals surface area contributed by atoms with Crippen molar-refractivity contribution in [3.8, 4) is 0 Å². The topological polar surface area (TPSA) is 44.8 Å². The van der Waals surface area contributed by atoms with Gasteiger partial charge < -0.3 is 15.0 Å². The van der Waals surface area contributed by atoms with E-state index in [0.29, 0.717) is 13.2 Å². The number of nitrogens with zero attached hydrogens (tertiary/aromatic N) is 2. The maximum Gasteiger partial charge on any atom is 0.254 e. The van der Waals surface area contributed by atoms with Gasteiger partial charge in [0.15, 0.2) is 0 Å². The Labute approximate surface area is 154 Å². The molecule has 136 valence electrons. The number of nitrogens with one attached hydrogen (secondary N) is 1. The van der Waals surface area contributed by atoms with E-state index in [0.717, 1.165) is 31.7 Å². The van der Waals surface area contributed by atoms with Gasteiger partial charge in [-0.05, 0) is 29.7 Å². The van der Waals surface area contributed by atoms with Gasteiger partial charge in [-0.15, -0.1) is 0 Å². The van der Waals surface area contributed by atoms with Gasteiger partial charge in [-0.2, -0.15) is 0 Å². The van der Waals surface area contributed by atoms with Crippen LogP contribution in [0.4, 0.5) is 11.4 Å². The smallest absolute Gasteiger partial charge is 0.254 e. The fourth-order valence-electron chi connectivity index (χ4n) is 3.69. The molecule has 4 rings (SSSR count). The van der Waals surface area contributed by atoms with Crippen LogP contribution >= 0.6 is 0 Å². The molecule has 0 saturated carbocycles. The van der Waals surface area contributed by atoms with E-state index < -0.39 is 6.10 Å². The number of hydrogen-bond donors (Lipinski definition) is 1. The molecule has 0 bridgehead atoms. The molecule has 2 aromatic rings. The summed E-state index contributed by atoms with van der Waals surface area (Å²) >= 11 is 0. The van der Waals surface area contributed by atoms with Gasteiger partial charge in [0.05, 0.1) is 6.61 Å². The first-order valence-corrected chi connectivity index (χ1v) is 9.22. The molecule has 1 saturated heterocycles. The molecular weight excluding hydrogens is 326 g/mol. The largest absolute Gasteiger partial charge is 0.374 e. The molecule has 1 atom stereocenters. The summed E-state index contributed by atoms with van der Waals surface area (Å²) in [7, 11) is 2.09. The highest BCUT2D eigenvalue weighted by atomic mass is 16.5. The average molecular weight is 351 g/mol. The summed E-state index contributed by atoms with van der Waals surface area (Å²) in [6, 6.07) is 16.5. The fourth-order valence-corrected chi connectivity index (χ4v) is 3.69. The number of carbonyl (C=O) groups excluding carboxylic acids is 1. The van der Waals surface area contributed by atoms with Gasteiger partial charge in [0.25, 0.3) is 5.91 Å². The second-order valence-electron chi connectivity index (χ2n) is 7.08. The third-order valence-corrected chi connectivity index (χ3v) is 5.17. The summed E-state index contributed by atoms with van der Waals surface area (Å²) < 4.78 is 5.73. The average Bonchev–Trinajstić information content (AvgIpc) is 3.03. The minimum atomic E-state index is -0.432. The molecule has 2 aromatic carbocycles. The SMILES string of the molecule is CN1CCc2ccc(NC(=O)C3CN(Cc4ccccc4)CCO3)cc21. The van der Waals surface area contributed by atoms with E-state index in [-0.39, 0.29) is 5.91 Å². The molecule has 5 heteroatoms. The lowest BCUT2D eigenvalue weighted by molar-refractivity contribution is -0.133. The predicted molar refractivity (Wildman–Crippen MR) is 104 cm³/mol. The van der Waals surface area contributed by atoms with E-state index in [1.165, 1.54) is 16.8 Å². The van der Waals surface area contributed by atoms with Crippen LogP contribution < -0.4 is 10.2 Å². The quantitative estimate of drug-likeness (QED) is 0.919. The van der Waals surface area contributed by atoms with Crippen LogP contribution in [0.5, 0.6) is 0 Å². The van der Waals surface area contributed by atoms with E-state index in [1.807, 2.05) is 24.3 Å². The van der Waals surface area contributed by atoms with Crippen LogP contribution in [-0.4, -0.2) is 50.2 Å². The normalized spacial score (nSPS) is 20.0. The Bertz CT molecular complexity index is 778. The molecule has 0 radical (unpaired) electrons. The summed E-state index contributed by atoms with van der Waals surface area (Å²) in [6.45, 7) is 3.93. The van der Waals surface area contributed by atoms with E-state index in [4.69, 9.17) is 4.74 Å². The number of morpholine rings is 1. The standard InChI is InChI=1S/C21H25N3O2/c1-23-10-9-17-7-8-18(13-19(17)23)22-21(25)20-15-24(11-12-26-20)14-16-5-3-2-4-6-16/h2-8,13,20H,9-12,14-15H2,1H3,(H,22,25). The van der Waals surface area contributed by atoms with E-state index in [1.54, 1.807) is 0 Å². The van der Waals surface area contributed by atoms with Crippen molar-refractivity contribution in [2.45, 2.75) is 19.1 Å². The van der Waals surface area contributed by atoms with Crippen molar-refractivity contribution in [1.29, 1.82) is 0 Å². The molecule has 0 spiro atoms. The zero-order valence-electron chi connectivity index (χ0n) is 15.1. The number of amides is 1. The Kier molecular flexibility index (Phi) is 4.91. The van der Waals surface area contributed by atoms with Crippen LogP contribution in [0, 0.1) is 0 Å². The predicted octanol–water partition coefficient (Wildman–Crippen LogP) is 2.52. The Morgan fingerprint density at radius 1 is 1.19 bits per heavy atom. The highest BCUT2D eigenvalue weighted by Crippen LogP contribution is 2.29. The van der Waals surface area contributed by atoms with E-state index >= 15 is 0 Å². The zero-order valence-corrected chi connectivity index (χ0v) is 15.1. The summed E-state index contributed by atoms with van der Waals surface area (Å²) in [5, 5.41) is 3.03. The van der Waals surface area contributed by atoms with Crippen molar-refractivity contribution in [2.24, 2.45) is 0 Å². The number of carbonyl (C=O) groups is 1. The minimum absolute atomic E-state index is 0.0663. The van der Waals surface area contributed by atoms with Gasteiger partial charge in [-0.1, -0.05) is 36.4 Å². The molecule has 0 aliphatic carbocycles. The molecule has 2 aliphatic heterocycles. The minimum Gasteiger partial charge on any atom is -0.374 e. The van der Waals surface area contributed by atoms with Crippen LogP contribution in [0.25, 0.3) is 0 Å². The molecule has 2 heterocycles. The highest BCUT2D eigenvalue weighted by molar-refractivity contribution is 5.95. The lowest BCUT2D eigenvalue weighted by atomic mass is 10.1. The lowest BCUT2D eigenvalue weighted by Crippen LogP contribution is -2.47. The molecule has 5 nitrogen and oxygen atoms in total. The van der Waals surface area contributed by atoms with Crippen molar-refractivity contribution >= 4 is 17.3 Å². The molecule has 1 N–H and O–H groups in total. The monoisotopic (exact) mass is 351 g/mol. The number of ether oxygens (including phenoxy) is 1. The lowest BCUT2D eigenvalue weighted by Gasteiger charge is -2.32. The molecule has 1 fully saturated rings. The van der Waals surface area contributed by atoms with Crippen molar-refractivity contribution in [3.05, 3.63) is 59.7 Å². The zero-order chi connectivity index (χ0) is 17.9. The number of benzene rings is 2. The van der Waals surface area contributed by atoms with Gasteiger partial charge in [0.2, 0.25) is 0 Å². The summed E-state index contributed by atoms with van der Waals surface area (Å²) in [4.78, 5) is 17.2. The summed E-state index contributed by atoms with van der Waals surface area (Å²) in [5.41, 5.74) is 4.65. The van der Waals surface area contributed by atoms with Crippen molar-refractivity contribution in [1.82, 2.24) is 4.90 Å². The first kappa shape index (κ1) is 17.1. The Hall–Kier alpha value is -2.37. The number of fused-ring (bicyclic) bond motifs is 1. The van der Waals surface area contributed by atoms with Crippen LogP contribution in [0.2, 0.25) is 0 Å². The van der Waals surface area contributed by atoms with Gasteiger partial charge in [0.1, 0.15) is 6.10 Å². The van der Waals surface area contributed by atoms with Gasteiger partial charge in [-0.3, -0.25) is 9.69 Å². The number of likely N-dealkylation sites (N-methyl/N-ethyl adjacent to an activating group) is 1. The third-order valence-electron chi connectivity index (χ3n) is 5.17. The first-order chi connectivity index (χ1) is 12.7. The Balaban J connectivity index is 1.38. The number of rotatable bonds is 4. The van der Waals surface area contributed by atoms with Crippen molar-refractivity contribution in [3.63, 3.8) is 0 Å². The van der Waals surface area contributed by atoms with Crippen molar-refractivity contribution in [2.75, 3.05) is 43.5 Å². The van der Waals surface area contributed by atoms with Crippen LogP contribution in [0.3, 0.4) is 0 Å². The van der Waals surface area contributed by atoms with Gasteiger partial charge >= 0.3 is 0 Å².